The smallest absolute Gasteiger partial charge is 0.475 e. The quantitative estimate of drug-likeness (QED) is 0.632. The van der Waals surface area contributed by atoms with Crippen LogP contribution in [0.25, 0.3) is 11.4 Å². The average Bonchev–Trinajstić information content (AvgIpc) is 3.42. The molecule has 0 atom stereocenters. The minimum Gasteiger partial charge on any atom is -0.475 e. The van der Waals surface area contributed by atoms with Crippen LogP contribution >= 0.6 is 11.3 Å². The van der Waals surface area contributed by atoms with E-state index in [4.69, 9.17) is 9.90 Å². The maximum absolute atomic E-state index is 10.6. The van der Waals surface area contributed by atoms with E-state index in [1.807, 2.05) is 40.7 Å². The van der Waals surface area contributed by atoms with E-state index in [0.717, 1.165) is 37.6 Å². The zero-order valence-electron chi connectivity index (χ0n) is 16.4. The standard InChI is InChI=1S/C17H20N6S.C2HF3O2/c1-2-6-18-15(3-1)16-12-23(21-20-16)11-14-4-8-22(9-5-14)13-17-19-7-10-24-17;3-2(4,5)1(6)7/h1-3,6-7,10,12,14H,4-5,8-9,11,13H2;(H,6,7). The summed E-state index contributed by atoms with van der Waals surface area (Å²) < 4.78 is 33.7. The van der Waals surface area contributed by atoms with Crippen LogP contribution in [0.5, 0.6) is 0 Å². The lowest BCUT2D eigenvalue weighted by atomic mass is 9.97. The van der Waals surface area contributed by atoms with E-state index in [1.54, 1.807) is 17.5 Å². The number of thiazole rings is 1. The number of carbonyl (C=O) groups is 1. The number of piperidine rings is 1. The molecule has 1 aliphatic rings. The van der Waals surface area contributed by atoms with Crippen molar-refractivity contribution in [2.45, 2.75) is 32.1 Å². The summed E-state index contributed by atoms with van der Waals surface area (Å²) >= 11 is 1.74. The molecule has 1 N–H and O–H groups in total. The van der Waals surface area contributed by atoms with Gasteiger partial charge in [0.25, 0.3) is 0 Å². The van der Waals surface area contributed by atoms with Gasteiger partial charge in [-0.15, -0.1) is 16.4 Å². The Morgan fingerprint density at radius 1 is 1.16 bits per heavy atom. The van der Waals surface area contributed by atoms with Crippen molar-refractivity contribution >= 4 is 17.3 Å². The van der Waals surface area contributed by atoms with Crippen LogP contribution < -0.4 is 0 Å². The van der Waals surface area contributed by atoms with Crippen molar-refractivity contribution in [3.05, 3.63) is 47.2 Å². The van der Waals surface area contributed by atoms with Gasteiger partial charge in [-0.25, -0.2) is 9.78 Å². The van der Waals surface area contributed by atoms with Crippen LogP contribution in [-0.4, -0.2) is 60.2 Å². The van der Waals surface area contributed by atoms with Gasteiger partial charge in [-0.3, -0.25) is 14.6 Å². The maximum Gasteiger partial charge on any atom is 0.490 e. The van der Waals surface area contributed by atoms with Crippen LogP contribution in [-0.2, 0) is 17.9 Å². The highest BCUT2D eigenvalue weighted by Gasteiger charge is 2.38. The topological polar surface area (TPSA) is 97.0 Å². The number of carboxylic acids is 1. The Hall–Kier alpha value is -2.86. The Morgan fingerprint density at radius 3 is 2.48 bits per heavy atom. The maximum atomic E-state index is 10.6. The van der Waals surface area contributed by atoms with E-state index >= 15 is 0 Å². The van der Waals surface area contributed by atoms with Crippen LogP contribution in [0, 0.1) is 5.92 Å². The second-order valence-electron chi connectivity index (χ2n) is 6.99. The third-order valence-corrected chi connectivity index (χ3v) is 5.47. The second kappa shape index (κ2) is 10.4. The van der Waals surface area contributed by atoms with Crippen molar-refractivity contribution in [1.82, 2.24) is 29.9 Å². The van der Waals surface area contributed by atoms with Gasteiger partial charge in [0, 0.05) is 24.3 Å². The van der Waals surface area contributed by atoms with Gasteiger partial charge in [0.15, 0.2) is 0 Å². The number of hydrogen-bond acceptors (Lipinski definition) is 7. The summed E-state index contributed by atoms with van der Waals surface area (Å²) in [6, 6.07) is 5.85. The lowest BCUT2D eigenvalue weighted by molar-refractivity contribution is -0.192. The summed E-state index contributed by atoms with van der Waals surface area (Å²) in [4.78, 5) is 20.1. The van der Waals surface area contributed by atoms with Gasteiger partial charge >= 0.3 is 12.1 Å². The van der Waals surface area contributed by atoms with Crippen LogP contribution in [0.15, 0.2) is 42.2 Å². The number of carboxylic acid groups (broad SMARTS) is 1. The van der Waals surface area contributed by atoms with Crippen molar-refractivity contribution in [3.63, 3.8) is 0 Å². The fourth-order valence-electron chi connectivity index (χ4n) is 3.13. The number of aliphatic carboxylic acids is 1. The highest BCUT2D eigenvalue weighted by Crippen LogP contribution is 2.22. The molecule has 1 fully saturated rings. The first-order chi connectivity index (χ1) is 14.8. The third kappa shape index (κ3) is 7.10. The Bertz CT molecular complexity index is 941. The zero-order valence-corrected chi connectivity index (χ0v) is 17.3. The number of likely N-dealkylation sites (tertiary alicyclic amines) is 1. The van der Waals surface area contributed by atoms with Gasteiger partial charge in [-0.05, 0) is 44.0 Å². The first kappa shape index (κ1) is 22.8. The Balaban J connectivity index is 0.000000339. The van der Waals surface area contributed by atoms with E-state index in [2.05, 4.69) is 25.2 Å². The first-order valence-electron chi connectivity index (χ1n) is 9.53. The van der Waals surface area contributed by atoms with Crippen molar-refractivity contribution in [2.75, 3.05) is 13.1 Å². The molecule has 0 saturated carbocycles. The molecule has 0 bridgehead atoms. The SMILES string of the molecule is O=C(O)C(F)(F)F.c1ccc(-c2cn(CC3CCN(Cc4nccs4)CC3)nn2)nc1. The molecule has 4 rings (SSSR count). The third-order valence-electron chi connectivity index (χ3n) is 4.70. The van der Waals surface area contributed by atoms with Gasteiger partial charge in [-0.2, -0.15) is 13.2 Å². The molecule has 0 radical (unpaired) electrons. The first-order valence-corrected chi connectivity index (χ1v) is 10.4. The molecule has 0 aromatic carbocycles. The molecule has 0 unspecified atom stereocenters. The highest BCUT2D eigenvalue weighted by molar-refractivity contribution is 7.09. The molecule has 4 heterocycles. The Kier molecular flexibility index (Phi) is 7.69. The van der Waals surface area contributed by atoms with Gasteiger partial charge in [0.05, 0.1) is 18.4 Å². The summed E-state index contributed by atoms with van der Waals surface area (Å²) in [5, 5.41) is 18.9. The minimum atomic E-state index is -5.08. The molecule has 0 spiro atoms. The van der Waals surface area contributed by atoms with E-state index < -0.39 is 12.1 Å². The van der Waals surface area contributed by atoms with Crippen LogP contribution in [0.3, 0.4) is 0 Å². The Morgan fingerprint density at radius 2 is 1.90 bits per heavy atom. The number of alkyl halides is 3. The lowest BCUT2D eigenvalue weighted by Gasteiger charge is -2.31. The van der Waals surface area contributed by atoms with Crippen LogP contribution in [0.1, 0.15) is 17.8 Å². The highest BCUT2D eigenvalue weighted by atomic mass is 32.1. The Labute approximate surface area is 180 Å². The summed E-state index contributed by atoms with van der Waals surface area (Å²) in [6.07, 6.45) is 2.99. The van der Waals surface area contributed by atoms with Crippen LogP contribution in [0.4, 0.5) is 13.2 Å². The molecule has 3 aromatic heterocycles. The fraction of sp³-hybridized carbons (Fsp3) is 0.421. The molecule has 3 aromatic rings. The summed E-state index contributed by atoms with van der Waals surface area (Å²) in [5.74, 6) is -2.09. The molecule has 166 valence electrons. The van der Waals surface area contributed by atoms with Crippen molar-refractivity contribution in [3.8, 4) is 11.4 Å². The summed E-state index contributed by atoms with van der Waals surface area (Å²) in [7, 11) is 0. The normalized spacial score (nSPS) is 15.3. The molecule has 1 aliphatic heterocycles. The molecule has 0 amide bonds. The van der Waals surface area contributed by atoms with E-state index in [9.17, 15) is 13.2 Å². The fourth-order valence-corrected chi connectivity index (χ4v) is 3.79. The molecule has 31 heavy (non-hydrogen) atoms. The zero-order chi connectivity index (χ0) is 22.3. The molecular weight excluding hydrogens is 433 g/mol. The monoisotopic (exact) mass is 454 g/mol. The number of pyridine rings is 1. The molecule has 8 nitrogen and oxygen atoms in total. The number of hydrogen-bond donors (Lipinski definition) is 1. The van der Waals surface area contributed by atoms with Gasteiger partial charge in [0.2, 0.25) is 0 Å². The largest absolute Gasteiger partial charge is 0.490 e. The molecular formula is C19H21F3N6O2S. The minimum absolute atomic E-state index is 0.663. The number of nitrogens with zero attached hydrogens (tertiary/aromatic N) is 6. The predicted octanol–water partition coefficient (Wildman–Crippen LogP) is 3.34. The van der Waals surface area contributed by atoms with E-state index in [0.29, 0.717) is 5.92 Å². The van der Waals surface area contributed by atoms with Crippen molar-refractivity contribution in [2.24, 2.45) is 5.92 Å². The number of aromatic nitrogens is 5. The van der Waals surface area contributed by atoms with Gasteiger partial charge in [0.1, 0.15) is 10.7 Å². The summed E-state index contributed by atoms with van der Waals surface area (Å²) in [6.45, 7) is 4.18. The number of halogens is 3. The summed E-state index contributed by atoms with van der Waals surface area (Å²) in [5.41, 5.74) is 1.72. The van der Waals surface area contributed by atoms with Crippen molar-refractivity contribution < 1.29 is 23.1 Å². The molecule has 1 saturated heterocycles. The average molecular weight is 454 g/mol. The lowest BCUT2D eigenvalue weighted by Crippen LogP contribution is -2.34. The number of rotatable bonds is 5. The van der Waals surface area contributed by atoms with Gasteiger partial charge < -0.3 is 5.11 Å². The molecule has 12 heteroatoms. The van der Waals surface area contributed by atoms with E-state index in [-0.39, 0.29) is 0 Å². The van der Waals surface area contributed by atoms with Crippen molar-refractivity contribution in [1.29, 1.82) is 0 Å². The van der Waals surface area contributed by atoms with E-state index in [1.165, 1.54) is 17.8 Å². The predicted molar refractivity (Wildman–Crippen MR) is 107 cm³/mol. The molecule has 0 aliphatic carbocycles. The second-order valence-corrected chi connectivity index (χ2v) is 7.97. The van der Waals surface area contributed by atoms with Crippen LogP contribution in [0.2, 0.25) is 0 Å². The van der Waals surface area contributed by atoms with Gasteiger partial charge in [-0.1, -0.05) is 11.3 Å².